The molecule has 0 saturated carbocycles. The molecule has 0 amide bonds. The third-order valence-electron chi connectivity index (χ3n) is 2.59. The lowest BCUT2D eigenvalue weighted by molar-refractivity contribution is 0.530. The Hall–Kier alpha value is -0.920. The smallest absolute Gasteiger partial charge is 0.243 e. The Morgan fingerprint density at radius 2 is 2.12 bits per heavy atom. The van der Waals surface area contributed by atoms with Crippen molar-refractivity contribution in [1.29, 1.82) is 0 Å². The fraction of sp³-hybridized carbons (Fsp3) is 0.700. The molecule has 0 saturated heterocycles. The standard InChI is InChI=1S/C10H20N4O2S/c1-3-9(4-2)13-17(15,16)10-7-12-14(8-10)6-5-11/h7-9,13H,3-6,11H2,1-2H3. The molecule has 0 radical (unpaired) electrons. The zero-order valence-corrected chi connectivity index (χ0v) is 11.1. The first kappa shape index (κ1) is 14.1. The number of rotatable bonds is 7. The number of sulfonamides is 1. The van der Waals surface area contributed by atoms with Crippen LogP contribution in [0.15, 0.2) is 17.3 Å². The average molecular weight is 260 g/mol. The van der Waals surface area contributed by atoms with E-state index >= 15 is 0 Å². The minimum absolute atomic E-state index is 0.0298. The van der Waals surface area contributed by atoms with Gasteiger partial charge >= 0.3 is 0 Å². The van der Waals surface area contributed by atoms with Gasteiger partial charge in [0.2, 0.25) is 10.0 Å². The van der Waals surface area contributed by atoms with Gasteiger partial charge in [0.1, 0.15) is 4.90 Å². The van der Waals surface area contributed by atoms with Crippen LogP contribution in [0, 0.1) is 0 Å². The maximum Gasteiger partial charge on any atom is 0.243 e. The average Bonchev–Trinajstić information content (AvgIpc) is 2.76. The third kappa shape index (κ3) is 3.79. The van der Waals surface area contributed by atoms with Crippen molar-refractivity contribution in [2.75, 3.05) is 6.54 Å². The highest BCUT2D eigenvalue weighted by Crippen LogP contribution is 2.09. The van der Waals surface area contributed by atoms with Crippen LogP contribution in [-0.2, 0) is 16.6 Å². The van der Waals surface area contributed by atoms with Gasteiger partial charge < -0.3 is 5.73 Å². The van der Waals surface area contributed by atoms with Crippen molar-refractivity contribution in [2.45, 2.75) is 44.2 Å². The summed E-state index contributed by atoms with van der Waals surface area (Å²) in [4.78, 5) is 0.192. The molecule has 0 aliphatic heterocycles. The highest BCUT2D eigenvalue weighted by Gasteiger charge is 2.19. The molecule has 1 aromatic rings. The third-order valence-corrected chi connectivity index (χ3v) is 4.06. The molecule has 0 unspecified atom stereocenters. The number of nitrogens with zero attached hydrogens (tertiary/aromatic N) is 2. The van der Waals surface area contributed by atoms with E-state index < -0.39 is 10.0 Å². The lowest BCUT2D eigenvalue weighted by Crippen LogP contribution is -2.33. The molecular formula is C10H20N4O2S. The van der Waals surface area contributed by atoms with E-state index in [1.165, 1.54) is 17.1 Å². The van der Waals surface area contributed by atoms with Gasteiger partial charge in [-0.2, -0.15) is 5.10 Å². The van der Waals surface area contributed by atoms with Crippen LogP contribution in [0.5, 0.6) is 0 Å². The minimum atomic E-state index is -3.46. The molecule has 0 bridgehead atoms. The fourth-order valence-corrected chi connectivity index (χ4v) is 2.84. The Labute approximate surface area is 102 Å². The number of nitrogens with one attached hydrogen (secondary N) is 1. The molecule has 1 aromatic heterocycles. The maximum absolute atomic E-state index is 12.0. The van der Waals surface area contributed by atoms with Crippen LogP contribution in [-0.4, -0.2) is 30.8 Å². The number of nitrogens with two attached hydrogens (primary N) is 1. The van der Waals surface area contributed by atoms with Gasteiger partial charge in [0.15, 0.2) is 0 Å². The molecule has 0 aliphatic carbocycles. The fourth-order valence-electron chi connectivity index (χ4n) is 1.48. The van der Waals surface area contributed by atoms with E-state index in [1.807, 2.05) is 13.8 Å². The summed E-state index contributed by atoms with van der Waals surface area (Å²) in [5.74, 6) is 0. The predicted octanol–water partition coefficient (Wildman–Crippen LogP) is 0.309. The van der Waals surface area contributed by atoms with E-state index in [9.17, 15) is 8.42 Å². The molecule has 1 rings (SSSR count). The molecule has 0 aliphatic rings. The summed E-state index contributed by atoms with van der Waals surface area (Å²) in [5.41, 5.74) is 5.38. The van der Waals surface area contributed by atoms with Gasteiger partial charge in [-0.05, 0) is 12.8 Å². The van der Waals surface area contributed by atoms with Crippen LogP contribution in [0.1, 0.15) is 26.7 Å². The van der Waals surface area contributed by atoms with E-state index in [1.54, 1.807) is 0 Å². The minimum Gasteiger partial charge on any atom is -0.329 e. The van der Waals surface area contributed by atoms with E-state index in [0.29, 0.717) is 13.1 Å². The van der Waals surface area contributed by atoms with Crippen molar-refractivity contribution in [1.82, 2.24) is 14.5 Å². The van der Waals surface area contributed by atoms with Crippen LogP contribution in [0.2, 0.25) is 0 Å². The number of hydrogen-bond donors (Lipinski definition) is 2. The van der Waals surface area contributed by atoms with Crippen molar-refractivity contribution in [3.63, 3.8) is 0 Å². The molecule has 7 heteroatoms. The predicted molar refractivity (Wildman–Crippen MR) is 66.0 cm³/mol. The van der Waals surface area contributed by atoms with Crippen LogP contribution >= 0.6 is 0 Å². The lowest BCUT2D eigenvalue weighted by atomic mass is 10.2. The second-order valence-corrected chi connectivity index (χ2v) is 5.58. The van der Waals surface area contributed by atoms with Crippen LogP contribution in [0.3, 0.4) is 0 Å². The van der Waals surface area contributed by atoms with Gasteiger partial charge in [-0.15, -0.1) is 0 Å². The Morgan fingerprint density at radius 1 is 1.47 bits per heavy atom. The molecule has 0 atom stereocenters. The summed E-state index contributed by atoms with van der Waals surface area (Å²) >= 11 is 0. The topological polar surface area (TPSA) is 90.0 Å². The molecule has 0 fully saturated rings. The highest BCUT2D eigenvalue weighted by atomic mass is 32.2. The van der Waals surface area contributed by atoms with E-state index in [-0.39, 0.29) is 10.9 Å². The van der Waals surface area contributed by atoms with E-state index in [2.05, 4.69) is 9.82 Å². The number of aromatic nitrogens is 2. The van der Waals surface area contributed by atoms with Crippen molar-refractivity contribution in [3.8, 4) is 0 Å². The van der Waals surface area contributed by atoms with Crippen LogP contribution in [0.4, 0.5) is 0 Å². The molecule has 98 valence electrons. The van der Waals surface area contributed by atoms with Crippen molar-refractivity contribution in [2.24, 2.45) is 5.73 Å². The van der Waals surface area contributed by atoms with Crippen LogP contribution in [0.25, 0.3) is 0 Å². The van der Waals surface area contributed by atoms with Crippen molar-refractivity contribution in [3.05, 3.63) is 12.4 Å². The van der Waals surface area contributed by atoms with Gasteiger partial charge in [0.05, 0.1) is 12.7 Å². The number of hydrogen-bond acceptors (Lipinski definition) is 4. The summed E-state index contributed by atoms with van der Waals surface area (Å²) in [5, 5.41) is 3.95. The first-order valence-electron chi connectivity index (χ1n) is 5.78. The Kier molecular flexibility index (Phi) is 5.10. The SMILES string of the molecule is CCC(CC)NS(=O)(=O)c1cnn(CCN)c1. The van der Waals surface area contributed by atoms with Gasteiger partial charge in [-0.3, -0.25) is 4.68 Å². The summed E-state index contributed by atoms with van der Waals surface area (Å²) in [6.07, 6.45) is 4.39. The van der Waals surface area contributed by atoms with E-state index in [4.69, 9.17) is 5.73 Å². The van der Waals surface area contributed by atoms with Gasteiger partial charge in [-0.1, -0.05) is 13.8 Å². The second kappa shape index (κ2) is 6.13. The first-order chi connectivity index (χ1) is 8.03. The lowest BCUT2D eigenvalue weighted by Gasteiger charge is -2.13. The molecular weight excluding hydrogens is 240 g/mol. The summed E-state index contributed by atoms with van der Waals surface area (Å²) in [6.45, 7) is 4.85. The molecule has 17 heavy (non-hydrogen) atoms. The molecule has 0 aromatic carbocycles. The monoisotopic (exact) mass is 260 g/mol. The van der Waals surface area contributed by atoms with Gasteiger partial charge in [0.25, 0.3) is 0 Å². The highest BCUT2D eigenvalue weighted by molar-refractivity contribution is 7.89. The maximum atomic E-state index is 12.0. The van der Waals surface area contributed by atoms with Crippen molar-refractivity contribution >= 4 is 10.0 Å². The Morgan fingerprint density at radius 3 is 2.65 bits per heavy atom. The summed E-state index contributed by atoms with van der Waals surface area (Å²) in [7, 11) is -3.46. The summed E-state index contributed by atoms with van der Waals surface area (Å²) < 4.78 is 28.1. The van der Waals surface area contributed by atoms with Gasteiger partial charge in [-0.25, -0.2) is 13.1 Å². The molecule has 6 nitrogen and oxygen atoms in total. The molecule has 3 N–H and O–H groups in total. The zero-order valence-electron chi connectivity index (χ0n) is 10.3. The molecule has 0 spiro atoms. The van der Waals surface area contributed by atoms with E-state index in [0.717, 1.165) is 12.8 Å². The van der Waals surface area contributed by atoms with Crippen molar-refractivity contribution < 1.29 is 8.42 Å². The normalized spacial score (nSPS) is 12.2. The Bertz CT molecular complexity index is 437. The van der Waals surface area contributed by atoms with Gasteiger partial charge in [0, 0.05) is 18.8 Å². The summed E-state index contributed by atoms with van der Waals surface area (Å²) in [6, 6.07) is -0.0298. The zero-order chi connectivity index (χ0) is 12.9. The van der Waals surface area contributed by atoms with Crippen LogP contribution < -0.4 is 10.5 Å². The molecule has 1 heterocycles. The largest absolute Gasteiger partial charge is 0.329 e. The quantitative estimate of drug-likeness (QED) is 0.738. The Balaban J connectivity index is 2.81. The first-order valence-corrected chi connectivity index (χ1v) is 7.26. The second-order valence-electron chi connectivity index (χ2n) is 3.86.